The predicted octanol–water partition coefficient (Wildman–Crippen LogP) is -0.0472. The molecule has 0 spiro atoms. The van der Waals surface area contributed by atoms with Gasteiger partial charge in [0, 0.05) is 18.0 Å². The van der Waals surface area contributed by atoms with Gasteiger partial charge in [-0.15, -0.1) is 0 Å². The molecule has 0 N–H and O–H groups in total. The second kappa shape index (κ2) is 3.59. The van der Waals surface area contributed by atoms with E-state index in [0.717, 1.165) is 7.11 Å². The van der Waals surface area contributed by atoms with Crippen LogP contribution in [-0.4, -0.2) is 25.5 Å². The SMILES string of the molecule is COS(=O)(=O)Cc1cncnc1. The first-order chi connectivity index (χ1) is 5.64. The van der Waals surface area contributed by atoms with Gasteiger partial charge in [-0.1, -0.05) is 0 Å². The zero-order valence-electron chi connectivity index (χ0n) is 6.47. The van der Waals surface area contributed by atoms with Crippen molar-refractivity contribution in [2.45, 2.75) is 5.75 Å². The first-order valence-corrected chi connectivity index (χ1v) is 4.74. The summed E-state index contributed by atoms with van der Waals surface area (Å²) < 4.78 is 26.0. The maximum atomic E-state index is 10.9. The monoisotopic (exact) mass is 188 g/mol. The van der Waals surface area contributed by atoms with E-state index in [4.69, 9.17) is 0 Å². The highest BCUT2D eigenvalue weighted by atomic mass is 32.2. The summed E-state index contributed by atoms with van der Waals surface area (Å²) in [5, 5.41) is 0. The zero-order chi connectivity index (χ0) is 9.03. The zero-order valence-corrected chi connectivity index (χ0v) is 7.28. The van der Waals surface area contributed by atoms with Crippen LogP contribution >= 0.6 is 0 Å². The van der Waals surface area contributed by atoms with Crippen LogP contribution in [-0.2, 0) is 20.1 Å². The molecule has 0 fully saturated rings. The molecule has 0 amide bonds. The molecule has 66 valence electrons. The molecular weight excluding hydrogens is 180 g/mol. The summed E-state index contributed by atoms with van der Waals surface area (Å²) in [5.41, 5.74) is 0.513. The highest BCUT2D eigenvalue weighted by Gasteiger charge is 2.09. The van der Waals surface area contributed by atoms with Crippen molar-refractivity contribution in [1.29, 1.82) is 0 Å². The van der Waals surface area contributed by atoms with Crippen molar-refractivity contribution in [1.82, 2.24) is 9.97 Å². The van der Waals surface area contributed by atoms with Crippen molar-refractivity contribution >= 4 is 10.1 Å². The van der Waals surface area contributed by atoms with Crippen LogP contribution < -0.4 is 0 Å². The maximum absolute atomic E-state index is 10.9. The van der Waals surface area contributed by atoms with Gasteiger partial charge in [-0.05, 0) is 0 Å². The number of nitrogens with zero attached hydrogens (tertiary/aromatic N) is 2. The van der Waals surface area contributed by atoms with Crippen molar-refractivity contribution in [2.75, 3.05) is 7.11 Å². The van der Waals surface area contributed by atoms with Crippen molar-refractivity contribution < 1.29 is 12.6 Å². The molecule has 0 unspecified atom stereocenters. The number of hydrogen-bond donors (Lipinski definition) is 0. The van der Waals surface area contributed by atoms with Gasteiger partial charge in [0.25, 0.3) is 10.1 Å². The number of aromatic nitrogens is 2. The second-order valence-corrected chi connectivity index (χ2v) is 3.85. The van der Waals surface area contributed by atoms with Gasteiger partial charge in [0.2, 0.25) is 0 Å². The van der Waals surface area contributed by atoms with Crippen LogP contribution in [0.25, 0.3) is 0 Å². The lowest BCUT2D eigenvalue weighted by atomic mass is 10.4. The molecule has 0 aliphatic heterocycles. The van der Waals surface area contributed by atoms with E-state index in [9.17, 15) is 8.42 Å². The highest BCUT2D eigenvalue weighted by Crippen LogP contribution is 2.02. The molecule has 1 aromatic rings. The Balaban J connectivity index is 2.78. The van der Waals surface area contributed by atoms with E-state index in [1.54, 1.807) is 0 Å². The van der Waals surface area contributed by atoms with Crippen molar-refractivity contribution in [3.8, 4) is 0 Å². The summed E-state index contributed by atoms with van der Waals surface area (Å²) in [4.78, 5) is 7.34. The largest absolute Gasteiger partial charge is 0.273 e. The van der Waals surface area contributed by atoms with Crippen LogP contribution in [0.5, 0.6) is 0 Å². The Morgan fingerprint density at radius 3 is 2.50 bits per heavy atom. The van der Waals surface area contributed by atoms with Crippen LogP contribution in [0.1, 0.15) is 5.56 Å². The molecule has 0 aromatic carbocycles. The van der Waals surface area contributed by atoms with E-state index in [2.05, 4.69) is 14.2 Å². The third-order valence-corrected chi connectivity index (χ3v) is 2.41. The molecule has 0 atom stereocenters. The Morgan fingerprint density at radius 2 is 2.00 bits per heavy atom. The van der Waals surface area contributed by atoms with Crippen molar-refractivity contribution in [3.05, 3.63) is 24.3 Å². The third-order valence-electron chi connectivity index (χ3n) is 1.21. The van der Waals surface area contributed by atoms with Crippen LogP contribution in [0.15, 0.2) is 18.7 Å². The van der Waals surface area contributed by atoms with Crippen LogP contribution in [0.2, 0.25) is 0 Å². The van der Waals surface area contributed by atoms with Gasteiger partial charge in [0.1, 0.15) is 12.1 Å². The Morgan fingerprint density at radius 1 is 1.42 bits per heavy atom. The fraction of sp³-hybridized carbons (Fsp3) is 0.333. The van der Waals surface area contributed by atoms with E-state index in [1.807, 2.05) is 0 Å². The minimum atomic E-state index is -3.45. The molecule has 0 bridgehead atoms. The molecule has 0 radical (unpaired) electrons. The van der Waals surface area contributed by atoms with Crippen molar-refractivity contribution in [2.24, 2.45) is 0 Å². The minimum absolute atomic E-state index is 0.190. The average Bonchev–Trinajstić information content (AvgIpc) is 2.06. The van der Waals surface area contributed by atoms with Gasteiger partial charge in [0.15, 0.2) is 0 Å². The molecule has 0 saturated heterocycles. The molecule has 1 aromatic heterocycles. The van der Waals surface area contributed by atoms with E-state index >= 15 is 0 Å². The molecule has 0 aliphatic carbocycles. The first kappa shape index (κ1) is 9.08. The number of hydrogen-bond acceptors (Lipinski definition) is 5. The van der Waals surface area contributed by atoms with Crippen molar-refractivity contribution in [3.63, 3.8) is 0 Å². The summed E-state index contributed by atoms with van der Waals surface area (Å²) in [6, 6.07) is 0. The topological polar surface area (TPSA) is 69.2 Å². The number of rotatable bonds is 3. The Bertz CT molecular complexity index is 335. The van der Waals surface area contributed by atoms with Crippen LogP contribution in [0.4, 0.5) is 0 Å². The van der Waals surface area contributed by atoms with E-state index in [0.29, 0.717) is 5.56 Å². The van der Waals surface area contributed by atoms with E-state index in [-0.39, 0.29) is 5.75 Å². The van der Waals surface area contributed by atoms with Crippen LogP contribution in [0, 0.1) is 0 Å². The molecular formula is C6H8N2O3S. The van der Waals surface area contributed by atoms with Gasteiger partial charge in [0.05, 0.1) is 7.11 Å². The fourth-order valence-electron chi connectivity index (χ4n) is 0.668. The standard InChI is InChI=1S/C6H8N2O3S/c1-11-12(9,10)4-6-2-7-5-8-3-6/h2-3,5H,4H2,1H3. The summed E-state index contributed by atoms with van der Waals surface area (Å²) in [7, 11) is -2.33. The molecule has 1 heterocycles. The molecule has 5 nitrogen and oxygen atoms in total. The third kappa shape index (κ3) is 2.55. The minimum Gasteiger partial charge on any atom is -0.273 e. The molecule has 0 saturated carbocycles. The average molecular weight is 188 g/mol. The summed E-state index contributed by atoms with van der Waals surface area (Å²) in [5.74, 6) is -0.190. The fourth-order valence-corrected chi connectivity index (χ4v) is 1.34. The summed E-state index contributed by atoms with van der Waals surface area (Å²) in [6.45, 7) is 0. The molecule has 6 heteroatoms. The Kier molecular flexibility index (Phi) is 2.72. The molecule has 12 heavy (non-hydrogen) atoms. The first-order valence-electron chi connectivity index (χ1n) is 3.16. The smallest absolute Gasteiger partial charge is 0.271 e. The second-order valence-electron chi connectivity index (χ2n) is 2.12. The normalized spacial score (nSPS) is 11.4. The Labute approximate surface area is 70.5 Å². The van der Waals surface area contributed by atoms with Gasteiger partial charge >= 0.3 is 0 Å². The lowest BCUT2D eigenvalue weighted by Crippen LogP contribution is -2.06. The molecule has 0 aliphatic rings. The summed E-state index contributed by atoms with van der Waals surface area (Å²) >= 11 is 0. The lowest BCUT2D eigenvalue weighted by molar-refractivity contribution is 0.397. The van der Waals surface area contributed by atoms with E-state index in [1.165, 1.54) is 18.7 Å². The predicted molar refractivity (Wildman–Crippen MR) is 41.7 cm³/mol. The van der Waals surface area contributed by atoms with Gasteiger partial charge < -0.3 is 0 Å². The van der Waals surface area contributed by atoms with Crippen LogP contribution in [0.3, 0.4) is 0 Å². The summed E-state index contributed by atoms with van der Waals surface area (Å²) in [6.07, 6.45) is 4.20. The molecule has 1 rings (SSSR count). The highest BCUT2D eigenvalue weighted by molar-refractivity contribution is 7.85. The van der Waals surface area contributed by atoms with Gasteiger partial charge in [-0.2, -0.15) is 8.42 Å². The quantitative estimate of drug-likeness (QED) is 0.622. The maximum Gasteiger partial charge on any atom is 0.271 e. The van der Waals surface area contributed by atoms with Gasteiger partial charge in [-0.3, -0.25) is 4.18 Å². The Hall–Kier alpha value is -1.01. The van der Waals surface area contributed by atoms with E-state index < -0.39 is 10.1 Å². The van der Waals surface area contributed by atoms with Gasteiger partial charge in [-0.25, -0.2) is 9.97 Å². The lowest BCUT2D eigenvalue weighted by Gasteiger charge is -1.98.